The first kappa shape index (κ1) is 12.2. The minimum atomic E-state index is -4.04. The van der Waals surface area contributed by atoms with Crippen LogP contribution in [0.2, 0.25) is 0 Å². The molecule has 1 saturated heterocycles. The quantitative estimate of drug-likeness (QED) is 0.755. The van der Waals surface area contributed by atoms with E-state index in [0.29, 0.717) is 13.1 Å². The highest BCUT2D eigenvalue weighted by Crippen LogP contribution is 2.36. The zero-order valence-electron chi connectivity index (χ0n) is 9.21. The van der Waals surface area contributed by atoms with Crippen LogP contribution >= 0.6 is 0 Å². The highest BCUT2D eigenvalue weighted by Gasteiger charge is 2.43. The summed E-state index contributed by atoms with van der Waals surface area (Å²) in [7, 11) is 0. The van der Waals surface area contributed by atoms with E-state index in [2.05, 4.69) is 0 Å². The number of hydrogen-bond donors (Lipinski definition) is 1. The van der Waals surface area contributed by atoms with Crippen molar-refractivity contribution >= 4 is 0 Å². The lowest BCUT2D eigenvalue weighted by atomic mass is 9.94. The van der Waals surface area contributed by atoms with Gasteiger partial charge in [0.25, 0.3) is 0 Å². The van der Waals surface area contributed by atoms with E-state index < -0.39 is 12.1 Å². The van der Waals surface area contributed by atoms with Gasteiger partial charge in [0.1, 0.15) is 0 Å². The summed E-state index contributed by atoms with van der Waals surface area (Å²) >= 11 is 0. The Bertz CT molecular complexity index is 236. The molecule has 0 radical (unpaired) electrons. The summed E-state index contributed by atoms with van der Waals surface area (Å²) in [5, 5.41) is 9.70. The summed E-state index contributed by atoms with van der Waals surface area (Å²) in [6.07, 6.45) is -1.28. The van der Waals surface area contributed by atoms with Gasteiger partial charge >= 0.3 is 6.18 Å². The fraction of sp³-hybridized carbons (Fsp3) is 1.00. The maximum atomic E-state index is 12.5. The second-order valence-electron chi connectivity index (χ2n) is 4.92. The summed E-state index contributed by atoms with van der Waals surface area (Å²) in [6, 6.07) is 0.106. The minimum Gasteiger partial charge on any atom is -0.391 e. The molecule has 1 heterocycles. The van der Waals surface area contributed by atoms with Crippen LogP contribution in [0, 0.1) is 5.92 Å². The zero-order valence-corrected chi connectivity index (χ0v) is 9.21. The second-order valence-corrected chi connectivity index (χ2v) is 4.92. The molecule has 0 aromatic rings. The summed E-state index contributed by atoms with van der Waals surface area (Å²) in [5.41, 5.74) is 0. The molecule has 2 nitrogen and oxygen atoms in total. The summed E-state index contributed by atoms with van der Waals surface area (Å²) in [6.45, 7) is 0.956. The fourth-order valence-corrected chi connectivity index (χ4v) is 2.91. The Hall–Kier alpha value is -0.290. The lowest BCUT2D eigenvalue weighted by molar-refractivity contribution is -0.186. The van der Waals surface area contributed by atoms with Crippen LogP contribution in [0.1, 0.15) is 32.1 Å². The van der Waals surface area contributed by atoms with E-state index in [4.69, 9.17) is 0 Å². The number of piperidine rings is 1. The predicted molar refractivity (Wildman–Crippen MR) is 54.0 cm³/mol. The molecule has 2 atom stereocenters. The minimum absolute atomic E-state index is 0.106. The van der Waals surface area contributed by atoms with E-state index in [-0.39, 0.29) is 25.0 Å². The molecule has 5 heteroatoms. The van der Waals surface area contributed by atoms with Gasteiger partial charge < -0.3 is 5.11 Å². The van der Waals surface area contributed by atoms with E-state index in [1.165, 1.54) is 0 Å². The van der Waals surface area contributed by atoms with E-state index in [0.717, 1.165) is 19.3 Å². The lowest BCUT2D eigenvalue weighted by Gasteiger charge is -2.37. The molecule has 0 bridgehead atoms. The second kappa shape index (κ2) is 4.53. The number of halogens is 3. The van der Waals surface area contributed by atoms with Crippen LogP contribution in [0.25, 0.3) is 0 Å². The van der Waals surface area contributed by atoms with Gasteiger partial charge in [-0.2, -0.15) is 13.2 Å². The summed E-state index contributed by atoms with van der Waals surface area (Å²) < 4.78 is 37.4. The Kier molecular flexibility index (Phi) is 3.45. The van der Waals surface area contributed by atoms with Crippen molar-refractivity contribution in [3.8, 4) is 0 Å². The molecule has 2 aliphatic rings. The maximum Gasteiger partial charge on any atom is 0.391 e. The third-order valence-corrected chi connectivity index (χ3v) is 3.91. The summed E-state index contributed by atoms with van der Waals surface area (Å²) in [4.78, 5) is 2.04. The van der Waals surface area contributed by atoms with Crippen LogP contribution in [-0.4, -0.2) is 41.4 Å². The van der Waals surface area contributed by atoms with Gasteiger partial charge in [0, 0.05) is 6.04 Å². The van der Waals surface area contributed by atoms with Crippen LogP contribution in [0.15, 0.2) is 0 Å². The Morgan fingerprint density at radius 1 is 1.00 bits per heavy atom. The Balaban J connectivity index is 1.85. The SMILES string of the molecule is O[C@H]1CCC[C@@H]1N1CCC(C(F)(F)F)CC1. The van der Waals surface area contributed by atoms with Crippen LogP contribution in [0.4, 0.5) is 13.2 Å². The molecule has 0 unspecified atom stereocenters. The molecule has 1 aliphatic heterocycles. The van der Waals surface area contributed by atoms with Gasteiger partial charge in [0.2, 0.25) is 0 Å². The van der Waals surface area contributed by atoms with Gasteiger partial charge in [0.05, 0.1) is 12.0 Å². The smallest absolute Gasteiger partial charge is 0.391 e. The Labute approximate surface area is 93.4 Å². The molecular formula is C11H18F3NO. The number of nitrogens with zero attached hydrogens (tertiary/aromatic N) is 1. The van der Waals surface area contributed by atoms with E-state index >= 15 is 0 Å². The first-order valence-electron chi connectivity index (χ1n) is 5.97. The highest BCUT2D eigenvalue weighted by molar-refractivity contribution is 4.88. The van der Waals surface area contributed by atoms with Crippen LogP contribution in [-0.2, 0) is 0 Å². The zero-order chi connectivity index (χ0) is 11.8. The number of hydrogen-bond acceptors (Lipinski definition) is 2. The molecule has 94 valence electrons. The maximum absolute atomic E-state index is 12.5. The number of alkyl halides is 3. The topological polar surface area (TPSA) is 23.5 Å². The Morgan fingerprint density at radius 2 is 1.62 bits per heavy atom. The number of aliphatic hydroxyl groups excluding tert-OH is 1. The van der Waals surface area contributed by atoms with Gasteiger partial charge in [-0.15, -0.1) is 0 Å². The van der Waals surface area contributed by atoms with Crippen molar-refractivity contribution in [2.24, 2.45) is 5.92 Å². The molecule has 2 fully saturated rings. The van der Waals surface area contributed by atoms with Crippen LogP contribution in [0.5, 0.6) is 0 Å². The van der Waals surface area contributed by atoms with E-state index in [1.54, 1.807) is 0 Å². The van der Waals surface area contributed by atoms with Crippen molar-refractivity contribution < 1.29 is 18.3 Å². The van der Waals surface area contributed by atoms with Crippen molar-refractivity contribution in [2.45, 2.75) is 50.4 Å². The molecule has 1 saturated carbocycles. The first-order valence-corrected chi connectivity index (χ1v) is 5.97. The largest absolute Gasteiger partial charge is 0.391 e. The normalized spacial score (nSPS) is 34.5. The van der Waals surface area contributed by atoms with Crippen molar-refractivity contribution in [2.75, 3.05) is 13.1 Å². The van der Waals surface area contributed by atoms with Gasteiger partial charge in [-0.05, 0) is 45.2 Å². The van der Waals surface area contributed by atoms with Crippen molar-refractivity contribution in [3.63, 3.8) is 0 Å². The number of likely N-dealkylation sites (tertiary alicyclic amines) is 1. The van der Waals surface area contributed by atoms with Crippen molar-refractivity contribution in [3.05, 3.63) is 0 Å². The van der Waals surface area contributed by atoms with Gasteiger partial charge in [-0.3, -0.25) is 4.90 Å². The predicted octanol–water partition coefficient (Wildman–Crippen LogP) is 2.17. The first-order chi connectivity index (χ1) is 7.48. The van der Waals surface area contributed by atoms with Crippen molar-refractivity contribution in [1.29, 1.82) is 0 Å². The van der Waals surface area contributed by atoms with Crippen molar-refractivity contribution in [1.82, 2.24) is 4.90 Å². The molecule has 0 spiro atoms. The third kappa shape index (κ3) is 2.51. The average Bonchev–Trinajstić information content (AvgIpc) is 2.63. The molecular weight excluding hydrogens is 219 g/mol. The molecule has 0 aromatic carbocycles. The van der Waals surface area contributed by atoms with E-state index in [9.17, 15) is 18.3 Å². The molecule has 16 heavy (non-hydrogen) atoms. The highest BCUT2D eigenvalue weighted by atomic mass is 19.4. The average molecular weight is 237 g/mol. The standard InChI is InChI=1S/C11H18F3NO/c12-11(13,14)8-4-6-15(7-5-8)9-2-1-3-10(9)16/h8-10,16H,1-7H2/t9-,10-/m0/s1. The van der Waals surface area contributed by atoms with Crippen LogP contribution < -0.4 is 0 Å². The van der Waals surface area contributed by atoms with Gasteiger partial charge in [0.15, 0.2) is 0 Å². The lowest BCUT2D eigenvalue weighted by Crippen LogP contribution is -2.47. The van der Waals surface area contributed by atoms with Gasteiger partial charge in [-0.1, -0.05) is 0 Å². The monoisotopic (exact) mass is 237 g/mol. The fourth-order valence-electron chi connectivity index (χ4n) is 2.91. The molecule has 2 rings (SSSR count). The van der Waals surface area contributed by atoms with Gasteiger partial charge in [-0.25, -0.2) is 0 Å². The van der Waals surface area contributed by atoms with E-state index in [1.807, 2.05) is 4.90 Å². The summed E-state index contributed by atoms with van der Waals surface area (Å²) in [5.74, 6) is -1.14. The number of aliphatic hydroxyl groups is 1. The molecule has 1 aliphatic carbocycles. The Morgan fingerprint density at radius 3 is 2.06 bits per heavy atom. The third-order valence-electron chi connectivity index (χ3n) is 3.91. The number of rotatable bonds is 1. The van der Waals surface area contributed by atoms with Crippen LogP contribution in [0.3, 0.4) is 0 Å². The molecule has 0 aromatic heterocycles. The molecule has 0 amide bonds. The molecule has 1 N–H and O–H groups in total.